The van der Waals surface area contributed by atoms with Crippen molar-refractivity contribution in [3.05, 3.63) is 17.4 Å². The highest BCUT2D eigenvalue weighted by atomic mass is 19.1. The van der Waals surface area contributed by atoms with Crippen LogP contribution < -0.4 is 9.47 Å². The van der Waals surface area contributed by atoms with Gasteiger partial charge in [0.2, 0.25) is 0 Å². The molecule has 0 atom stereocenters. The average Bonchev–Trinajstić information content (AvgIpc) is 2.29. The van der Waals surface area contributed by atoms with Crippen LogP contribution in [0.4, 0.5) is 4.39 Å². The minimum absolute atomic E-state index is 0.0780. The number of rotatable bonds is 5. The zero-order valence-corrected chi connectivity index (χ0v) is 11.3. The van der Waals surface area contributed by atoms with Crippen molar-refractivity contribution in [3.63, 3.8) is 0 Å². The Bertz CT molecular complexity index is 496. The van der Waals surface area contributed by atoms with Gasteiger partial charge in [0, 0.05) is 17.0 Å². The van der Waals surface area contributed by atoms with E-state index in [1.165, 1.54) is 14.2 Å². The second-order valence-electron chi connectivity index (χ2n) is 4.77. The molecule has 0 aromatic heterocycles. The van der Waals surface area contributed by atoms with Gasteiger partial charge in [-0.3, -0.25) is 4.79 Å². The van der Waals surface area contributed by atoms with Crippen LogP contribution >= 0.6 is 0 Å². The summed E-state index contributed by atoms with van der Waals surface area (Å²) in [6, 6.07) is 0.995. The average molecular weight is 272 g/mol. The predicted octanol–water partition coefficient (Wildman–Crippen LogP) is 2.30. The number of ether oxygens (including phenoxy) is 2. The van der Waals surface area contributed by atoms with Crippen molar-refractivity contribution >= 4 is 5.97 Å². The summed E-state index contributed by atoms with van der Waals surface area (Å²) in [5, 5.41) is 18.8. The van der Waals surface area contributed by atoms with Gasteiger partial charge in [-0.1, -0.05) is 13.8 Å². The SMILES string of the molecule is COc1cc(F)c(O)c(C(C)(C)CC(=O)O)c1OC. The number of phenols is 1. The van der Waals surface area contributed by atoms with Crippen LogP contribution in [-0.2, 0) is 10.2 Å². The number of carboxylic acid groups (broad SMARTS) is 1. The Morgan fingerprint density at radius 3 is 2.37 bits per heavy atom. The molecule has 5 nitrogen and oxygen atoms in total. The summed E-state index contributed by atoms with van der Waals surface area (Å²) in [5.74, 6) is -2.33. The van der Waals surface area contributed by atoms with E-state index in [0.717, 1.165) is 6.07 Å². The molecule has 0 bridgehead atoms. The Kier molecular flexibility index (Phi) is 4.24. The number of hydrogen-bond acceptors (Lipinski definition) is 4. The van der Waals surface area contributed by atoms with Crippen molar-refractivity contribution in [1.82, 2.24) is 0 Å². The predicted molar refractivity (Wildman–Crippen MR) is 66.4 cm³/mol. The number of carboxylic acids is 1. The van der Waals surface area contributed by atoms with E-state index in [1.54, 1.807) is 13.8 Å². The minimum atomic E-state index is -1.06. The van der Waals surface area contributed by atoms with Crippen molar-refractivity contribution in [2.75, 3.05) is 14.2 Å². The Labute approximate surface area is 110 Å². The number of benzene rings is 1. The molecule has 0 amide bonds. The summed E-state index contributed by atoms with van der Waals surface area (Å²) in [4.78, 5) is 10.9. The molecule has 0 fully saturated rings. The maximum atomic E-state index is 13.7. The van der Waals surface area contributed by atoms with Crippen LogP contribution in [0.15, 0.2) is 6.07 Å². The molecule has 1 rings (SSSR count). The summed E-state index contributed by atoms with van der Waals surface area (Å²) >= 11 is 0. The molecule has 0 aliphatic heterocycles. The molecule has 2 N–H and O–H groups in total. The lowest BCUT2D eigenvalue weighted by Gasteiger charge is -2.27. The van der Waals surface area contributed by atoms with Gasteiger partial charge in [-0.25, -0.2) is 4.39 Å². The fourth-order valence-corrected chi connectivity index (χ4v) is 2.05. The first-order valence-corrected chi connectivity index (χ1v) is 5.60. The lowest BCUT2D eigenvalue weighted by molar-refractivity contribution is -0.138. The van der Waals surface area contributed by atoms with E-state index in [9.17, 15) is 14.3 Å². The normalized spacial score (nSPS) is 11.2. The van der Waals surface area contributed by atoms with E-state index < -0.39 is 23.0 Å². The molecule has 1 aromatic carbocycles. The number of aliphatic carboxylic acids is 1. The minimum Gasteiger partial charge on any atom is -0.505 e. The number of hydrogen-bond donors (Lipinski definition) is 2. The van der Waals surface area contributed by atoms with Crippen molar-refractivity contribution in [2.45, 2.75) is 25.7 Å². The maximum absolute atomic E-state index is 13.7. The molecular formula is C13H17FO5. The lowest BCUT2D eigenvalue weighted by atomic mass is 9.80. The fourth-order valence-electron chi connectivity index (χ4n) is 2.05. The first-order chi connectivity index (χ1) is 8.74. The molecule has 0 radical (unpaired) electrons. The van der Waals surface area contributed by atoms with Crippen molar-refractivity contribution in [2.24, 2.45) is 0 Å². The Balaban J connectivity index is 3.55. The Morgan fingerprint density at radius 2 is 1.95 bits per heavy atom. The van der Waals surface area contributed by atoms with Gasteiger partial charge < -0.3 is 19.7 Å². The number of phenolic OH excluding ortho intramolecular Hbond substituents is 1. The zero-order chi connectivity index (χ0) is 14.8. The molecular weight excluding hydrogens is 255 g/mol. The van der Waals surface area contributed by atoms with Gasteiger partial charge in [0.05, 0.1) is 20.6 Å². The van der Waals surface area contributed by atoms with Crippen LogP contribution in [0, 0.1) is 5.82 Å². The Morgan fingerprint density at radius 1 is 1.37 bits per heavy atom. The number of methoxy groups -OCH3 is 2. The summed E-state index contributed by atoms with van der Waals surface area (Å²) < 4.78 is 23.8. The highest BCUT2D eigenvalue weighted by Crippen LogP contribution is 2.46. The quantitative estimate of drug-likeness (QED) is 0.860. The summed E-state index contributed by atoms with van der Waals surface area (Å²) in [7, 11) is 2.68. The molecule has 0 heterocycles. The van der Waals surface area contributed by atoms with Gasteiger partial charge in [-0.15, -0.1) is 0 Å². The number of aromatic hydroxyl groups is 1. The monoisotopic (exact) mass is 272 g/mol. The summed E-state index contributed by atoms with van der Waals surface area (Å²) in [5.41, 5.74) is -0.939. The van der Waals surface area contributed by atoms with E-state index in [4.69, 9.17) is 14.6 Å². The van der Waals surface area contributed by atoms with Gasteiger partial charge in [0.25, 0.3) is 0 Å². The summed E-state index contributed by atoms with van der Waals surface area (Å²) in [6.45, 7) is 3.16. The first-order valence-electron chi connectivity index (χ1n) is 5.60. The molecule has 0 unspecified atom stereocenters. The highest BCUT2D eigenvalue weighted by molar-refractivity contribution is 5.70. The van der Waals surface area contributed by atoms with Gasteiger partial charge in [0.1, 0.15) is 0 Å². The van der Waals surface area contributed by atoms with Crippen LogP contribution in [0.25, 0.3) is 0 Å². The van der Waals surface area contributed by atoms with Crippen LogP contribution in [0.5, 0.6) is 17.2 Å². The van der Waals surface area contributed by atoms with E-state index in [2.05, 4.69) is 0 Å². The Hall–Kier alpha value is -1.98. The molecule has 0 saturated heterocycles. The molecule has 106 valence electrons. The molecule has 0 saturated carbocycles. The smallest absolute Gasteiger partial charge is 0.304 e. The maximum Gasteiger partial charge on any atom is 0.304 e. The molecule has 0 spiro atoms. The molecule has 0 aliphatic carbocycles. The standard InChI is InChI=1S/C13H17FO5/c1-13(2,6-9(15)16)10-11(17)7(14)5-8(18-3)12(10)19-4/h5,17H,6H2,1-4H3,(H,15,16). The van der Waals surface area contributed by atoms with Crippen LogP contribution in [0.2, 0.25) is 0 Å². The highest BCUT2D eigenvalue weighted by Gasteiger charge is 2.34. The fraction of sp³-hybridized carbons (Fsp3) is 0.462. The second-order valence-corrected chi connectivity index (χ2v) is 4.77. The summed E-state index contributed by atoms with van der Waals surface area (Å²) in [6.07, 6.45) is -0.288. The van der Waals surface area contributed by atoms with Gasteiger partial charge in [-0.2, -0.15) is 0 Å². The number of carbonyl (C=O) groups is 1. The molecule has 1 aromatic rings. The van der Waals surface area contributed by atoms with E-state index in [-0.39, 0.29) is 23.5 Å². The number of halogens is 1. The third kappa shape index (κ3) is 2.89. The van der Waals surface area contributed by atoms with Crippen LogP contribution in [0.1, 0.15) is 25.8 Å². The van der Waals surface area contributed by atoms with E-state index in [1.807, 2.05) is 0 Å². The van der Waals surface area contributed by atoms with Crippen LogP contribution in [0.3, 0.4) is 0 Å². The largest absolute Gasteiger partial charge is 0.505 e. The van der Waals surface area contributed by atoms with Gasteiger partial charge >= 0.3 is 5.97 Å². The van der Waals surface area contributed by atoms with Crippen molar-refractivity contribution in [1.29, 1.82) is 0 Å². The third-order valence-corrected chi connectivity index (χ3v) is 2.87. The second kappa shape index (κ2) is 5.34. The van der Waals surface area contributed by atoms with Crippen molar-refractivity contribution < 1.29 is 28.9 Å². The van der Waals surface area contributed by atoms with Gasteiger partial charge in [0.15, 0.2) is 23.1 Å². The molecule has 6 heteroatoms. The lowest BCUT2D eigenvalue weighted by Crippen LogP contribution is -2.23. The van der Waals surface area contributed by atoms with E-state index >= 15 is 0 Å². The topological polar surface area (TPSA) is 76.0 Å². The first kappa shape index (κ1) is 15.1. The molecule has 0 aliphatic rings. The molecule has 19 heavy (non-hydrogen) atoms. The third-order valence-electron chi connectivity index (χ3n) is 2.87. The van der Waals surface area contributed by atoms with Crippen molar-refractivity contribution in [3.8, 4) is 17.2 Å². The van der Waals surface area contributed by atoms with Crippen LogP contribution in [-0.4, -0.2) is 30.4 Å². The zero-order valence-electron chi connectivity index (χ0n) is 11.3. The van der Waals surface area contributed by atoms with Gasteiger partial charge in [-0.05, 0) is 0 Å². The van der Waals surface area contributed by atoms with E-state index in [0.29, 0.717) is 0 Å².